The predicted octanol–water partition coefficient (Wildman–Crippen LogP) is 2.22. The summed E-state index contributed by atoms with van der Waals surface area (Å²) in [6.45, 7) is 1.96. The first-order valence-corrected chi connectivity index (χ1v) is 8.88. The Morgan fingerprint density at radius 2 is 2.00 bits per heavy atom. The van der Waals surface area contributed by atoms with Crippen LogP contribution in [0.15, 0.2) is 41.6 Å². The number of nitrogens with one attached hydrogen (secondary N) is 1. The highest BCUT2D eigenvalue weighted by Gasteiger charge is 2.22. The third-order valence-electron chi connectivity index (χ3n) is 4.64. The minimum absolute atomic E-state index is 0.119. The molecule has 0 atom stereocenters. The number of fused-ring (bicyclic) bond motifs is 5. The van der Waals surface area contributed by atoms with E-state index in [1.807, 2.05) is 6.92 Å². The van der Waals surface area contributed by atoms with Gasteiger partial charge in [0.25, 0.3) is 11.5 Å². The van der Waals surface area contributed by atoms with Crippen LogP contribution in [0.5, 0.6) is 0 Å². The van der Waals surface area contributed by atoms with Crippen molar-refractivity contribution in [3.05, 3.63) is 63.4 Å². The van der Waals surface area contributed by atoms with Gasteiger partial charge in [0, 0.05) is 16.8 Å². The Bertz CT molecular complexity index is 1450. The second-order valence-electron chi connectivity index (χ2n) is 6.19. The van der Waals surface area contributed by atoms with Crippen molar-refractivity contribution in [3.8, 4) is 0 Å². The first kappa shape index (κ1) is 16.6. The van der Waals surface area contributed by atoms with Gasteiger partial charge in [-0.05, 0) is 30.7 Å². The molecule has 4 aromatic heterocycles. The molecule has 138 valence electrons. The summed E-state index contributed by atoms with van der Waals surface area (Å²) in [6, 6.07) is 6.29. The number of rotatable bonds is 2. The van der Waals surface area contributed by atoms with E-state index in [4.69, 9.17) is 11.6 Å². The number of hydrogen-bond acceptors (Lipinski definition) is 6. The second kappa shape index (κ2) is 5.96. The van der Waals surface area contributed by atoms with E-state index in [0.717, 1.165) is 10.3 Å². The molecule has 0 fully saturated rings. The highest BCUT2D eigenvalue weighted by molar-refractivity contribution is 6.30. The molecule has 5 rings (SSSR count). The number of aromatic amines is 1. The monoisotopic (exact) mass is 393 g/mol. The summed E-state index contributed by atoms with van der Waals surface area (Å²) in [4.78, 5) is 34.8. The van der Waals surface area contributed by atoms with Crippen LogP contribution >= 0.6 is 11.6 Å². The summed E-state index contributed by atoms with van der Waals surface area (Å²) in [7, 11) is 0. The summed E-state index contributed by atoms with van der Waals surface area (Å²) in [5.74, 6) is -0.405. The van der Waals surface area contributed by atoms with Gasteiger partial charge < -0.3 is 0 Å². The summed E-state index contributed by atoms with van der Waals surface area (Å²) in [6.07, 6.45) is 3.37. The van der Waals surface area contributed by atoms with Crippen LogP contribution in [0.25, 0.3) is 27.7 Å². The summed E-state index contributed by atoms with van der Waals surface area (Å²) < 4.78 is 2.47. The van der Waals surface area contributed by atoms with E-state index in [9.17, 15) is 9.59 Å². The standard InChI is InChI=1S/C18H12ClN7O2/c1-2-12-13-14-11(7-20-15(13)24-23-12)17(28)25(18-21-8-22-26(14)18)16(27)9-3-5-10(19)6-4-9/h3-8H,2H2,1H3,(H,20,23,24). The molecule has 0 saturated carbocycles. The van der Waals surface area contributed by atoms with E-state index < -0.39 is 11.5 Å². The molecule has 5 aromatic rings. The Morgan fingerprint density at radius 3 is 2.75 bits per heavy atom. The van der Waals surface area contributed by atoms with E-state index in [0.29, 0.717) is 33.6 Å². The molecule has 1 N–H and O–H groups in total. The minimum atomic E-state index is -0.524. The average Bonchev–Trinajstić information content (AvgIpc) is 3.35. The zero-order chi connectivity index (χ0) is 19.4. The number of carbonyl (C=O) groups is 1. The number of benzene rings is 1. The van der Waals surface area contributed by atoms with Crippen LogP contribution in [-0.4, -0.2) is 40.3 Å². The van der Waals surface area contributed by atoms with Crippen molar-refractivity contribution in [2.75, 3.05) is 0 Å². The molecule has 0 aliphatic rings. The topological polar surface area (TPSA) is 111 Å². The van der Waals surface area contributed by atoms with Crippen molar-refractivity contribution >= 4 is 45.2 Å². The number of pyridine rings is 1. The van der Waals surface area contributed by atoms with Crippen molar-refractivity contribution < 1.29 is 4.79 Å². The molecule has 28 heavy (non-hydrogen) atoms. The number of halogens is 1. The Labute approximate surface area is 161 Å². The van der Waals surface area contributed by atoms with E-state index in [2.05, 4.69) is 25.3 Å². The molecule has 0 amide bonds. The van der Waals surface area contributed by atoms with E-state index in [1.165, 1.54) is 17.0 Å². The Kier molecular flexibility index (Phi) is 3.53. The molecule has 10 heteroatoms. The molecule has 0 aliphatic heterocycles. The third-order valence-corrected chi connectivity index (χ3v) is 4.89. The summed E-state index contributed by atoms with van der Waals surface area (Å²) >= 11 is 5.90. The van der Waals surface area contributed by atoms with E-state index in [1.54, 1.807) is 24.3 Å². The smallest absolute Gasteiger partial charge is 0.268 e. The fraction of sp³-hybridized carbons (Fsp3) is 0.111. The number of nitrogens with zero attached hydrogens (tertiary/aromatic N) is 6. The number of H-pyrrole nitrogens is 1. The fourth-order valence-corrected chi connectivity index (χ4v) is 3.46. The Balaban J connectivity index is 1.91. The van der Waals surface area contributed by atoms with Gasteiger partial charge in [-0.2, -0.15) is 19.7 Å². The molecule has 0 unspecified atom stereocenters. The highest BCUT2D eigenvalue weighted by atomic mass is 35.5. The third kappa shape index (κ3) is 2.20. The van der Waals surface area contributed by atoms with Gasteiger partial charge in [0.1, 0.15) is 6.33 Å². The van der Waals surface area contributed by atoms with Gasteiger partial charge in [-0.1, -0.05) is 18.5 Å². The van der Waals surface area contributed by atoms with Crippen LogP contribution in [0.1, 0.15) is 23.0 Å². The van der Waals surface area contributed by atoms with Crippen LogP contribution in [0, 0.1) is 0 Å². The first-order valence-electron chi connectivity index (χ1n) is 8.50. The average molecular weight is 394 g/mol. The largest absolute Gasteiger partial charge is 0.271 e. The molecule has 4 heterocycles. The molecule has 0 saturated heterocycles. The van der Waals surface area contributed by atoms with Crippen LogP contribution in [0.2, 0.25) is 5.02 Å². The quantitative estimate of drug-likeness (QED) is 0.492. The van der Waals surface area contributed by atoms with Crippen molar-refractivity contribution in [1.82, 2.24) is 34.3 Å². The maximum absolute atomic E-state index is 13.3. The molecule has 0 aliphatic carbocycles. The number of aryl methyl sites for hydroxylation is 1. The minimum Gasteiger partial charge on any atom is -0.268 e. The SMILES string of the molecule is CCc1n[nH]c2ncc3c(=O)n(C(=O)c4ccc(Cl)cc4)c4ncnn4c3c12. The first-order chi connectivity index (χ1) is 13.6. The van der Waals surface area contributed by atoms with E-state index >= 15 is 0 Å². The van der Waals surface area contributed by atoms with Gasteiger partial charge in [-0.15, -0.1) is 0 Å². The Morgan fingerprint density at radius 1 is 1.21 bits per heavy atom. The van der Waals surface area contributed by atoms with Gasteiger partial charge in [0.2, 0.25) is 5.78 Å². The molecular formula is C18H12ClN7O2. The fourth-order valence-electron chi connectivity index (χ4n) is 3.33. The second-order valence-corrected chi connectivity index (χ2v) is 6.63. The van der Waals surface area contributed by atoms with Crippen LogP contribution in [0.4, 0.5) is 0 Å². The van der Waals surface area contributed by atoms with Gasteiger partial charge in [-0.25, -0.2) is 9.55 Å². The summed E-state index contributed by atoms with van der Waals surface area (Å²) in [5, 5.41) is 12.8. The number of aromatic nitrogens is 7. The maximum atomic E-state index is 13.3. The van der Waals surface area contributed by atoms with Crippen molar-refractivity contribution in [1.29, 1.82) is 0 Å². The highest BCUT2D eigenvalue weighted by Crippen LogP contribution is 2.24. The van der Waals surface area contributed by atoms with Crippen molar-refractivity contribution in [2.24, 2.45) is 0 Å². The molecule has 9 nitrogen and oxygen atoms in total. The van der Waals surface area contributed by atoms with Gasteiger partial charge >= 0.3 is 0 Å². The lowest BCUT2D eigenvalue weighted by molar-refractivity contribution is 0.0960. The zero-order valence-electron chi connectivity index (χ0n) is 14.5. The normalized spacial score (nSPS) is 11.6. The number of hydrogen-bond donors (Lipinski definition) is 1. The van der Waals surface area contributed by atoms with Crippen molar-refractivity contribution in [2.45, 2.75) is 13.3 Å². The summed E-state index contributed by atoms with van der Waals surface area (Å²) in [5.41, 5.74) is 1.61. The van der Waals surface area contributed by atoms with Crippen molar-refractivity contribution in [3.63, 3.8) is 0 Å². The van der Waals surface area contributed by atoms with E-state index in [-0.39, 0.29) is 11.2 Å². The number of carbonyl (C=O) groups excluding carboxylic acids is 1. The predicted molar refractivity (Wildman–Crippen MR) is 103 cm³/mol. The lowest BCUT2D eigenvalue weighted by atomic mass is 10.1. The van der Waals surface area contributed by atoms with Gasteiger partial charge in [0.05, 0.1) is 22.0 Å². The van der Waals surface area contributed by atoms with Crippen LogP contribution in [-0.2, 0) is 6.42 Å². The molecule has 0 spiro atoms. The van der Waals surface area contributed by atoms with Crippen LogP contribution in [0.3, 0.4) is 0 Å². The van der Waals surface area contributed by atoms with Gasteiger partial charge in [0.15, 0.2) is 5.65 Å². The molecule has 0 radical (unpaired) electrons. The zero-order valence-corrected chi connectivity index (χ0v) is 15.3. The Hall–Kier alpha value is -3.59. The molecule has 0 bridgehead atoms. The lowest BCUT2D eigenvalue weighted by Gasteiger charge is -2.09. The lowest BCUT2D eigenvalue weighted by Crippen LogP contribution is -2.30. The molecule has 1 aromatic carbocycles. The van der Waals surface area contributed by atoms with Gasteiger partial charge in [-0.3, -0.25) is 14.7 Å². The molecular weight excluding hydrogens is 382 g/mol. The van der Waals surface area contributed by atoms with Crippen LogP contribution < -0.4 is 5.56 Å². The maximum Gasteiger partial charge on any atom is 0.271 e.